The predicted octanol–water partition coefficient (Wildman–Crippen LogP) is 2.33. The molecule has 2 aromatic heterocycles. The number of nitrogens with zero attached hydrogens (tertiary/aromatic N) is 4. The summed E-state index contributed by atoms with van der Waals surface area (Å²) in [5.74, 6) is 0. The highest BCUT2D eigenvalue weighted by molar-refractivity contribution is 7.71. The maximum atomic E-state index is 5.48. The topological polar surface area (TPSA) is 41.8 Å². The molecule has 0 aromatic carbocycles. The van der Waals surface area contributed by atoms with Gasteiger partial charge in [-0.15, -0.1) is 0 Å². The third-order valence-electron chi connectivity index (χ3n) is 3.91. The van der Waals surface area contributed by atoms with Crippen LogP contribution < -0.4 is 0 Å². The molecular formula is C13H23N5S. The average molecular weight is 281 g/mol. The lowest BCUT2D eigenvalue weighted by Gasteiger charge is -2.32. The Morgan fingerprint density at radius 1 is 1.37 bits per heavy atom. The van der Waals surface area contributed by atoms with Crippen LogP contribution in [0.2, 0.25) is 0 Å². The van der Waals surface area contributed by atoms with Crippen molar-refractivity contribution in [3.05, 3.63) is 10.5 Å². The molecule has 0 aliphatic carbocycles. The molecule has 0 fully saturated rings. The maximum absolute atomic E-state index is 5.48. The standard InChI is InChI=1S/C13H23N5S/c1-7-9-10-11(17(6)15-9)18(12(19)14-10)8-13(2,3)16(4)5/h7-8H2,1-6H3,(H,14,19). The molecule has 0 amide bonds. The van der Waals surface area contributed by atoms with Gasteiger partial charge in [-0.05, 0) is 46.6 Å². The van der Waals surface area contributed by atoms with Gasteiger partial charge in [0.25, 0.3) is 0 Å². The van der Waals surface area contributed by atoms with Gasteiger partial charge in [-0.1, -0.05) is 6.92 Å². The van der Waals surface area contributed by atoms with Crippen LogP contribution in [0.1, 0.15) is 26.5 Å². The quantitative estimate of drug-likeness (QED) is 0.875. The lowest BCUT2D eigenvalue weighted by molar-refractivity contribution is 0.170. The molecule has 2 aromatic rings. The number of likely N-dealkylation sites (N-methyl/N-ethyl adjacent to an activating group) is 1. The Balaban J connectivity index is 2.58. The van der Waals surface area contributed by atoms with E-state index in [-0.39, 0.29) is 5.54 Å². The third kappa shape index (κ3) is 2.34. The van der Waals surface area contributed by atoms with Gasteiger partial charge < -0.3 is 9.88 Å². The second-order valence-electron chi connectivity index (χ2n) is 5.85. The van der Waals surface area contributed by atoms with Crippen molar-refractivity contribution in [3.63, 3.8) is 0 Å². The molecule has 19 heavy (non-hydrogen) atoms. The van der Waals surface area contributed by atoms with Gasteiger partial charge in [0.2, 0.25) is 0 Å². The molecule has 2 heterocycles. The molecule has 1 N–H and O–H groups in total. The van der Waals surface area contributed by atoms with Gasteiger partial charge >= 0.3 is 0 Å². The third-order valence-corrected chi connectivity index (χ3v) is 4.24. The molecule has 0 aliphatic rings. The molecule has 106 valence electrons. The Kier molecular flexibility index (Phi) is 3.57. The molecule has 0 saturated carbocycles. The van der Waals surface area contributed by atoms with Crippen molar-refractivity contribution in [2.24, 2.45) is 7.05 Å². The van der Waals surface area contributed by atoms with Crippen molar-refractivity contribution in [1.29, 1.82) is 0 Å². The van der Waals surface area contributed by atoms with Crippen molar-refractivity contribution >= 4 is 23.4 Å². The fraction of sp³-hybridized carbons (Fsp3) is 0.692. The van der Waals surface area contributed by atoms with Crippen LogP contribution in [0.4, 0.5) is 0 Å². The summed E-state index contributed by atoms with van der Waals surface area (Å²) in [4.78, 5) is 5.52. The van der Waals surface area contributed by atoms with Gasteiger partial charge in [0.05, 0.1) is 5.69 Å². The SMILES string of the molecule is CCc1nn(C)c2c1[nH]c(=S)n2CC(C)(C)N(C)C. The number of imidazole rings is 1. The van der Waals surface area contributed by atoms with Crippen LogP contribution in [0.3, 0.4) is 0 Å². The monoisotopic (exact) mass is 281 g/mol. The van der Waals surface area contributed by atoms with E-state index < -0.39 is 0 Å². The molecular weight excluding hydrogens is 258 g/mol. The Morgan fingerprint density at radius 2 is 2.00 bits per heavy atom. The summed E-state index contributed by atoms with van der Waals surface area (Å²) in [6.07, 6.45) is 0.906. The first-order valence-electron chi connectivity index (χ1n) is 6.59. The molecule has 0 radical (unpaired) electrons. The normalized spacial score (nSPS) is 12.8. The fourth-order valence-electron chi connectivity index (χ4n) is 2.20. The fourth-order valence-corrected chi connectivity index (χ4v) is 2.45. The zero-order chi connectivity index (χ0) is 14.4. The highest BCUT2D eigenvalue weighted by atomic mass is 32.1. The van der Waals surface area contributed by atoms with Crippen molar-refractivity contribution in [3.8, 4) is 0 Å². The predicted molar refractivity (Wildman–Crippen MR) is 81.0 cm³/mol. The van der Waals surface area contributed by atoms with E-state index in [0.717, 1.165) is 34.6 Å². The first kappa shape index (κ1) is 14.3. The first-order chi connectivity index (χ1) is 8.77. The van der Waals surface area contributed by atoms with E-state index in [2.05, 4.69) is 54.4 Å². The summed E-state index contributed by atoms with van der Waals surface area (Å²) in [6.45, 7) is 7.37. The number of aryl methyl sites for hydroxylation is 2. The summed E-state index contributed by atoms with van der Waals surface area (Å²) in [5.41, 5.74) is 3.26. The van der Waals surface area contributed by atoms with Crippen LogP contribution >= 0.6 is 12.2 Å². The van der Waals surface area contributed by atoms with Crippen molar-refractivity contribution in [2.45, 2.75) is 39.3 Å². The zero-order valence-electron chi connectivity index (χ0n) is 12.6. The lowest BCUT2D eigenvalue weighted by Crippen LogP contribution is -2.42. The summed E-state index contributed by atoms with van der Waals surface area (Å²) in [6, 6.07) is 0. The van der Waals surface area contributed by atoms with E-state index in [0.29, 0.717) is 0 Å². The van der Waals surface area contributed by atoms with Crippen molar-refractivity contribution in [1.82, 2.24) is 24.2 Å². The summed E-state index contributed by atoms with van der Waals surface area (Å²) >= 11 is 5.48. The summed E-state index contributed by atoms with van der Waals surface area (Å²) < 4.78 is 4.84. The molecule has 0 bridgehead atoms. The Labute approximate surface area is 119 Å². The molecule has 6 heteroatoms. The Morgan fingerprint density at radius 3 is 2.53 bits per heavy atom. The lowest BCUT2D eigenvalue weighted by atomic mass is 10.0. The number of rotatable bonds is 4. The molecule has 0 atom stereocenters. The van der Waals surface area contributed by atoms with E-state index in [4.69, 9.17) is 12.2 Å². The molecule has 2 rings (SSSR count). The second kappa shape index (κ2) is 4.76. The van der Waals surface area contributed by atoms with Gasteiger partial charge in [0.1, 0.15) is 5.52 Å². The van der Waals surface area contributed by atoms with Crippen LogP contribution in [0.25, 0.3) is 11.2 Å². The number of hydrogen-bond donors (Lipinski definition) is 1. The largest absolute Gasteiger partial charge is 0.328 e. The number of aromatic nitrogens is 4. The van der Waals surface area contributed by atoms with E-state index in [1.165, 1.54) is 0 Å². The van der Waals surface area contributed by atoms with Crippen LogP contribution in [-0.2, 0) is 20.0 Å². The maximum Gasteiger partial charge on any atom is 0.179 e. The number of fused-ring (bicyclic) bond motifs is 1. The van der Waals surface area contributed by atoms with Crippen LogP contribution in [0, 0.1) is 4.77 Å². The first-order valence-corrected chi connectivity index (χ1v) is 7.00. The minimum atomic E-state index is 0.0317. The molecule has 5 nitrogen and oxygen atoms in total. The molecule has 0 aliphatic heterocycles. The minimum Gasteiger partial charge on any atom is -0.328 e. The van der Waals surface area contributed by atoms with Gasteiger partial charge in [0.15, 0.2) is 10.4 Å². The summed E-state index contributed by atoms with van der Waals surface area (Å²) in [5, 5.41) is 4.55. The van der Waals surface area contributed by atoms with Crippen molar-refractivity contribution < 1.29 is 0 Å². The van der Waals surface area contributed by atoms with Gasteiger partial charge in [-0.25, -0.2) is 0 Å². The number of H-pyrrole nitrogens is 1. The Bertz CT molecular complexity index is 644. The number of nitrogens with one attached hydrogen (secondary N) is 1. The minimum absolute atomic E-state index is 0.0317. The van der Waals surface area contributed by atoms with Gasteiger partial charge in [0, 0.05) is 19.1 Å². The highest BCUT2D eigenvalue weighted by Crippen LogP contribution is 2.22. The molecule has 0 saturated heterocycles. The van der Waals surface area contributed by atoms with E-state index in [1.807, 2.05) is 11.7 Å². The average Bonchev–Trinajstić information content (AvgIpc) is 2.78. The zero-order valence-corrected chi connectivity index (χ0v) is 13.4. The summed E-state index contributed by atoms with van der Waals surface area (Å²) in [7, 11) is 6.16. The van der Waals surface area contributed by atoms with E-state index in [9.17, 15) is 0 Å². The van der Waals surface area contributed by atoms with Crippen LogP contribution in [0.15, 0.2) is 0 Å². The van der Waals surface area contributed by atoms with Gasteiger partial charge in [-0.3, -0.25) is 9.25 Å². The van der Waals surface area contributed by atoms with Crippen molar-refractivity contribution in [2.75, 3.05) is 14.1 Å². The van der Waals surface area contributed by atoms with Crippen LogP contribution in [0.5, 0.6) is 0 Å². The van der Waals surface area contributed by atoms with Crippen LogP contribution in [-0.4, -0.2) is 43.9 Å². The van der Waals surface area contributed by atoms with Gasteiger partial charge in [-0.2, -0.15) is 5.10 Å². The van der Waals surface area contributed by atoms with E-state index in [1.54, 1.807) is 0 Å². The number of hydrogen-bond acceptors (Lipinski definition) is 3. The highest BCUT2D eigenvalue weighted by Gasteiger charge is 2.24. The second-order valence-corrected chi connectivity index (χ2v) is 6.23. The van der Waals surface area contributed by atoms with E-state index >= 15 is 0 Å². The Hall–Kier alpha value is -1.14. The smallest absolute Gasteiger partial charge is 0.179 e. The molecule has 0 unspecified atom stereocenters. The number of aromatic amines is 1. The molecule has 0 spiro atoms.